The van der Waals surface area contributed by atoms with Gasteiger partial charge in [-0.05, 0) is 36.5 Å². The summed E-state index contributed by atoms with van der Waals surface area (Å²) in [5.41, 5.74) is 0.800. The number of hydrogen-bond acceptors (Lipinski definition) is 1. The van der Waals surface area contributed by atoms with Crippen LogP contribution in [0.5, 0.6) is 0 Å². The second-order valence-electron chi connectivity index (χ2n) is 4.20. The Kier molecular flexibility index (Phi) is 2.11. The minimum atomic E-state index is -0.673. The maximum Gasteiger partial charge on any atom is 0.126 e. The second kappa shape index (κ2) is 3.06. The van der Waals surface area contributed by atoms with E-state index in [0.717, 1.165) is 18.4 Å². The van der Waals surface area contributed by atoms with Gasteiger partial charge in [-0.2, -0.15) is 0 Å². The Morgan fingerprint density at radius 2 is 2.29 bits per heavy atom. The fraction of sp³-hybridized carbons (Fsp3) is 0.500. The van der Waals surface area contributed by atoms with E-state index >= 15 is 0 Å². The van der Waals surface area contributed by atoms with Gasteiger partial charge in [0.2, 0.25) is 0 Å². The van der Waals surface area contributed by atoms with Gasteiger partial charge in [-0.25, -0.2) is 4.39 Å². The fourth-order valence-electron chi connectivity index (χ4n) is 2.07. The lowest BCUT2D eigenvalue weighted by atomic mass is 10.0. The monoisotopic (exact) mass is 194 g/mol. The third-order valence-electron chi connectivity index (χ3n) is 3.22. The smallest absolute Gasteiger partial charge is 0.126 e. The molecule has 2 atom stereocenters. The number of halogens is 1. The number of benzene rings is 1. The van der Waals surface area contributed by atoms with Crippen LogP contribution in [0.25, 0.3) is 0 Å². The van der Waals surface area contributed by atoms with E-state index in [1.165, 1.54) is 6.07 Å². The van der Waals surface area contributed by atoms with Crippen LogP contribution in [0.3, 0.4) is 0 Å². The molecule has 0 saturated heterocycles. The first-order valence-corrected chi connectivity index (χ1v) is 5.07. The molecule has 76 valence electrons. The minimum absolute atomic E-state index is 0.203. The van der Waals surface area contributed by atoms with E-state index in [1.807, 2.05) is 0 Å². The molecular formula is C12H15FO. The molecule has 1 fully saturated rings. The highest BCUT2D eigenvalue weighted by atomic mass is 19.1. The predicted molar refractivity (Wildman–Crippen MR) is 53.4 cm³/mol. The molecule has 0 spiro atoms. The van der Waals surface area contributed by atoms with Gasteiger partial charge < -0.3 is 5.11 Å². The van der Waals surface area contributed by atoms with Crippen molar-refractivity contribution in [1.29, 1.82) is 0 Å². The van der Waals surface area contributed by atoms with Crippen LogP contribution in [0, 0.1) is 18.7 Å². The fourth-order valence-corrected chi connectivity index (χ4v) is 2.07. The van der Waals surface area contributed by atoms with E-state index < -0.39 is 5.60 Å². The van der Waals surface area contributed by atoms with Crippen molar-refractivity contribution in [3.8, 4) is 0 Å². The quantitative estimate of drug-likeness (QED) is 0.767. The maximum atomic E-state index is 13.0. The molecule has 2 heteroatoms. The van der Waals surface area contributed by atoms with E-state index in [1.54, 1.807) is 19.1 Å². The van der Waals surface area contributed by atoms with Crippen molar-refractivity contribution in [2.75, 3.05) is 0 Å². The molecule has 0 radical (unpaired) electrons. The van der Waals surface area contributed by atoms with Crippen LogP contribution in [0.1, 0.15) is 30.9 Å². The van der Waals surface area contributed by atoms with Crippen molar-refractivity contribution >= 4 is 0 Å². The molecule has 0 amide bonds. The van der Waals surface area contributed by atoms with Gasteiger partial charge in [0.1, 0.15) is 5.82 Å². The predicted octanol–water partition coefficient (Wildman–Crippen LogP) is 2.75. The molecule has 2 unspecified atom stereocenters. The van der Waals surface area contributed by atoms with Crippen LogP contribution >= 0.6 is 0 Å². The van der Waals surface area contributed by atoms with Crippen LogP contribution in [0.4, 0.5) is 4.39 Å². The molecule has 0 aliphatic heterocycles. The van der Waals surface area contributed by atoms with Gasteiger partial charge in [-0.3, -0.25) is 0 Å². The van der Waals surface area contributed by atoms with E-state index in [0.29, 0.717) is 11.5 Å². The highest BCUT2D eigenvalue weighted by Gasteiger charge is 2.52. The third kappa shape index (κ3) is 1.34. The van der Waals surface area contributed by atoms with Crippen LogP contribution in [0.2, 0.25) is 0 Å². The lowest BCUT2D eigenvalue weighted by Crippen LogP contribution is -2.08. The zero-order valence-electron chi connectivity index (χ0n) is 8.55. The number of aliphatic hydroxyl groups is 1. The van der Waals surface area contributed by atoms with Crippen LogP contribution in [-0.2, 0) is 5.60 Å². The van der Waals surface area contributed by atoms with Crippen LogP contribution in [-0.4, -0.2) is 5.11 Å². The molecule has 1 aromatic carbocycles. The summed E-state index contributed by atoms with van der Waals surface area (Å²) in [4.78, 5) is 0. The number of aryl methyl sites for hydroxylation is 1. The van der Waals surface area contributed by atoms with Crippen molar-refractivity contribution in [1.82, 2.24) is 0 Å². The average molecular weight is 194 g/mol. The molecular weight excluding hydrogens is 179 g/mol. The number of hydrogen-bond donors (Lipinski definition) is 1. The van der Waals surface area contributed by atoms with Gasteiger partial charge in [-0.15, -0.1) is 0 Å². The Labute approximate surface area is 83.6 Å². The maximum absolute atomic E-state index is 13.0. The van der Waals surface area contributed by atoms with Gasteiger partial charge in [0, 0.05) is 0 Å². The molecule has 0 aromatic heterocycles. The summed E-state index contributed by atoms with van der Waals surface area (Å²) in [7, 11) is 0. The molecule has 1 aliphatic rings. The molecule has 1 aliphatic carbocycles. The Balaban J connectivity index is 2.31. The summed E-state index contributed by atoms with van der Waals surface area (Å²) in [5.74, 6) is 0.151. The van der Waals surface area contributed by atoms with Crippen molar-refractivity contribution in [3.63, 3.8) is 0 Å². The molecule has 1 nitrogen and oxygen atoms in total. The summed E-state index contributed by atoms with van der Waals surface area (Å²) in [6.07, 6.45) is 1.79. The van der Waals surface area contributed by atoms with Crippen molar-refractivity contribution < 1.29 is 9.50 Å². The van der Waals surface area contributed by atoms with Gasteiger partial charge >= 0.3 is 0 Å². The van der Waals surface area contributed by atoms with E-state index in [9.17, 15) is 9.50 Å². The zero-order chi connectivity index (χ0) is 10.3. The summed E-state index contributed by atoms with van der Waals surface area (Å²) < 4.78 is 13.0. The van der Waals surface area contributed by atoms with Crippen molar-refractivity contribution in [2.24, 2.45) is 5.92 Å². The normalized spacial score (nSPS) is 30.4. The number of rotatable bonds is 2. The van der Waals surface area contributed by atoms with Gasteiger partial charge in [0.25, 0.3) is 0 Å². The van der Waals surface area contributed by atoms with E-state index in [2.05, 4.69) is 6.92 Å². The molecule has 1 N–H and O–H groups in total. The lowest BCUT2D eigenvalue weighted by Gasteiger charge is -2.11. The topological polar surface area (TPSA) is 20.2 Å². The van der Waals surface area contributed by atoms with E-state index in [4.69, 9.17) is 0 Å². The highest BCUT2D eigenvalue weighted by Crippen LogP contribution is 2.53. The lowest BCUT2D eigenvalue weighted by molar-refractivity contribution is 0.130. The Bertz CT molecular complexity index is 361. The summed E-state index contributed by atoms with van der Waals surface area (Å²) in [6.45, 7) is 3.80. The summed E-state index contributed by atoms with van der Waals surface area (Å²) >= 11 is 0. The third-order valence-corrected chi connectivity index (χ3v) is 3.22. The van der Waals surface area contributed by atoms with E-state index in [-0.39, 0.29) is 5.82 Å². The van der Waals surface area contributed by atoms with Crippen molar-refractivity contribution in [3.05, 3.63) is 35.1 Å². The Morgan fingerprint density at radius 3 is 2.79 bits per heavy atom. The first kappa shape index (κ1) is 9.66. The molecule has 1 aromatic rings. The molecule has 2 rings (SSSR count). The molecule has 1 saturated carbocycles. The summed E-state index contributed by atoms with van der Waals surface area (Å²) in [6, 6.07) is 4.89. The SMILES string of the molecule is CCC1CC1(O)c1ccc(F)c(C)c1. The molecule has 14 heavy (non-hydrogen) atoms. The minimum Gasteiger partial charge on any atom is -0.385 e. The van der Waals surface area contributed by atoms with Gasteiger partial charge in [-0.1, -0.05) is 25.5 Å². The summed E-state index contributed by atoms with van der Waals surface area (Å²) in [5, 5.41) is 10.2. The first-order chi connectivity index (χ1) is 6.58. The Morgan fingerprint density at radius 1 is 1.57 bits per heavy atom. The van der Waals surface area contributed by atoms with Crippen LogP contribution in [0.15, 0.2) is 18.2 Å². The Hall–Kier alpha value is -0.890. The highest BCUT2D eigenvalue weighted by molar-refractivity contribution is 5.33. The van der Waals surface area contributed by atoms with Gasteiger partial charge in [0.05, 0.1) is 5.60 Å². The van der Waals surface area contributed by atoms with Gasteiger partial charge in [0.15, 0.2) is 0 Å². The van der Waals surface area contributed by atoms with Crippen molar-refractivity contribution in [2.45, 2.75) is 32.3 Å². The standard InChI is InChI=1S/C12H15FO/c1-3-9-7-12(9,14)10-4-5-11(13)8(2)6-10/h4-6,9,14H,3,7H2,1-2H3. The molecule has 0 bridgehead atoms. The van der Waals surface area contributed by atoms with Crippen LogP contribution < -0.4 is 0 Å². The first-order valence-electron chi connectivity index (χ1n) is 5.07. The average Bonchev–Trinajstić information content (AvgIpc) is 2.83. The zero-order valence-corrected chi connectivity index (χ0v) is 8.55. The second-order valence-corrected chi connectivity index (χ2v) is 4.20. The largest absolute Gasteiger partial charge is 0.385 e. The molecule has 0 heterocycles.